The fraction of sp³-hybridized carbons (Fsp3) is 0.786. The molecule has 0 spiro atoms. The van der Waals surface area contributed by atoms with E-state index in [2.05, 4.69) is 44.1 Å². The van der Waals surface area contributed by atoms with E-state index >= 15 is 0 Å². The van der Waals surface area contributed by atoms with E-state index in [-0.39, 0.29) is 6.61 Å². The van der Waals surface area contributed by atoms with Gasteiger partial charge in [-0.2, -0.15) is 16.9 Å². The molecule has 5 heteroatoms. The summed E-state index contributed by atoms with van der Waals surface area (Å²) in [5.74, 6) is 1.20. The molecular weight excluding hydrogens is 258 g/mol. The van der Waals surface area contributed by atoms with Crippen LogP contribution in [0.4, 0.5) is 0 Å². The summed E-state index contributed by atoms with van der Waals surface area (Å²) in [6.07, 6.45) is 3.36. The normalized spacial score (nSPS) is 13.2. The van der Waals surface area contributed by atoms with Gasteiger partial charge in [0.1, 0.15) is 0 Å². The summed E-state index contributed by atoms with van der Waals surface area (Å²) in [6.45, 7) is 8.07. The minimum Gasteiger partial charge on any atom is -0.394 e. The first-order chi connectivity index (χ1) is 9.01. The molecule has 1 heterocycles. The van der Waals surface area contributed by atoms with Crippen LogP contribution in [0.5, 0.6) is 0 Å². The summed E-state index contributed by atoms with van der Waals surface area (Å²) >= 11 is 1.90. The van der Waals surface area contributed by atoms with Gasteiger partial charge in [-0.15, -0.1) is 0 Å². The molecule has 1 aromatic heterocycles. The standard InChI is InChI=1S/C14H27N3OS/c1-11(6-9-19-5)16(4)10-14-12(2)15-17(7-8-18)13(14)3/h11,18H,6-10H2,1-5H3. The molecule has 110 valence electrons. The van der Waals surface area contributed by atoms with Crippen molar-refractivity contribution >= 4 is 11.8 Å². The Balaban J connectivity index is 2.70. The van der Waals surface area contributed by atoms with E-state index in [0.717, 1.165) is 12.2 Å². The zero-order valence-corrected chi connectivity index (χ0v) is 13.6. The van der Waals surface area contributed by atoms with Crippen molar-refractivity contribution in [2.45, 2.75) is 46.3 Å². The van der Waals surface area contributed by atoms with Crippen molar-refractivity contribution in [2.24, 2.45) is 0 Å². The Hall–Kier alpha value is -0.520. The van der Waals surface area contributed by atoms with Crippen LogP contribution >= 0.6 is 11.8 Å². The SMILES string of the molecule is CSCCC(C)N(C)Cc1c(C)nn(CCO)c1C. The molecule has 1 rings (SSSR count). The van der Waals surface area contributed by atoms with E-state index in [1.165, 1.54) is 23.4 Å². The molecule has 0 amide bonds. The summed E-state index contributed by atoms with van der Waals surface area (Å²) in [5.41, 5.74) is 3.55. The second-order valence-corrected chi connectivity index (χ2v) is 6.13. The molecule has 0 saturated carbocycles. The van der Waals surface area contributed by atoms with Crippen LogP contribution in [0.1, 0.15) is 30.3 Å². The molecule has 0 fully saturated rings. The first-order valence-electron chi connectivity index (χ1n) is 6.84. The van der Waals surface area contributed by atoms with Crippen molar-refractivity contribution in [1.82, 2.24) is 14.7 Å². The molecule has 0 aliphatic heterocycles. The molecule has 0 aliphatic carbocycles. The lowest BCUT2D eigenvalue weighted by Gasteiger charge is -2.24. The molecule has 1 atom stereocenters. The zero-order chi connectivity index (χ0) is 14.4. The second-order valence-electron chi connectivity index (χ2n) is 5.14. The number of aromatic nitrogens is 2. The molecule has 4 nitrogen and oxygen atoms in total. The Morgan fingerprint density at radius 2 is 2.11 bits per heavy atom. The highest BCUT2D eigenvalue weighted by molar-refractivity contribution is 7.98. The third-order valence-corrected chi connectivity index (χ3v) is 4.39. The quantitative estimate of drug-likeness (QED) is 0.794. The number of aryl methyl sites for hydroxylation is 1. The van der Waals surface area contributed by atoms with Crippen LogP contribution in [0.15, 0.2) is 0 Å². The van der Waals surface area contributed by atoms with Gasteiger partial charge in [0.15, 0.2) is 0 Å². The van der Waals surface area contributed by atoms with Gasteiger partial charge in [-0.1, -0.05) is 0 Å². The van der Waals surface area contributed by atoms with E-state index in [1.54, 1.807) is 0 Å². The van der Waals surface area contributed by atoms with E-state index in [4.69, 9.17) is 5.11 Å². The third kappa shape index (κ3) is 4.51. The van der Waals surface area contributed by atoms with Gasteiger partial charge in [0, 0.05) is 23.8 Å². The van der Waals surface area contributed by atoms with Crippen molar-refractivity contribution in [3.63, 3.8) is 0 Å². The largest absolute Gasteiger partial charge is 0.394 e. The van der Waals surface area contributed by atoms with E-state index in [1.807, 2.05) is 16.4 Å². The summed E-state index contributed by atoms with van der Waals surface area (Å²) in [6, 6.07) is 0.576. The molecular formula is C14H27N3OS. The highest BCUT2D eigenvalue weighted by Gasteiger charge is 2.16. The Morgan fingerprint density at radius 1 is 1.42 bits per heavy atom. The van der Waals surface area contributed by atoms with Gasteiger partial charge in [-0.3, -0.25) is 9.58 Å². The predicted octanol–water partition coefficient (Wildman–Crippen LogP) is 2.07. The minimum atomic E-state index is 0.140. The van der Waals surface area contributed by atoms with Crippen molar-refractivity contribution in [3.8, 4) is 0 Å². The van der Waals surface area contributed by atoms with E-state index < -0.39 is 0 Å². The van der Waals surface area contributed by atoms with Crippen LogP contribution in [0, 0.1) is 13.8 Å². The summed E-state index contributed by atoms with van der Waals surface area (Å²) in [4.78, 5) is 2.39. The van der Waals surface area contributed by atoms with E-state index in [9.17, 15) is 0 Å². The molecule has 0 bridgehead atoms. The van der Waals surface area contributed by atoms with Crippen LogP contribution in [0.3, 0.4) is 0 Å². The summed E-state index contributed by atoms with van der Waals surface area (Å²) < 4.78 is 1.91. The highest BCUT2D eigenvalue weighted by Crippen LogP contribution is 2.17. The number of thioether (sulfide) groups is 1. The molecule has 0 aliphatic rings. The van der Waals surface area contributed by atoms with Gasteiger partial charge in [-0.25, -0.2) is 0 Å². The fourth-order valence-electron chi connectivity index (χ4n) is 2.19. The molecule has 1 unspecified atom stereocenters. The van der Waals surface area contributed by atoms with Crippen LogP contribution in [0.2, 0.25) is 0 Å². The Kier molecular flexibility index (Phi) is 6.89. The third-order valence-electron chi connectivity index (χ3n) is 3.74. The average Bonchev–Trinajstić information content (AvgIpc) is 2.64. The molecule has 0 saturated heterocycles. The monoisotopic (exact) mass is 285 g/mol. The lowest BCUT2D eigenvalue weighted by molar-refractivity contribution is 0.243. The Bertz CT molecular complexity index is 392. The topological polar surface area (TPSA) is 41.3 Å². The molecule has 1 N–H and O–H groups in total. The van der Waals surface area contributed by atoms with Crippen molar-refractivity contribution in [2.75, 3.05) is 25.7 Å². The molecule has 1 aromatic rings. The summed E-state index contributed by atoms with van der Waals surface area (Å²) in [7, 11) is 2.17. The van der Waals surface area contributed by atoms with Gasteiger partial charge in [-0.05, 0) is 46.2 Å². The second kappa shape index (κ2) is 7.92. The van der Waals surface area contributed by atoms with Crippen LogP contribution in [0.25, 0.3) is 0 Å². The molecule has 0 aromatic carbocycles. The number of hydrogen-bond donors (Lipinski definition) is 1. The number of nitrogens with zero attached hydrogens (tertiary/aromatic N) is 3. The maximum absolute atomic E-state index is 9.04. The highest BCUT2D eigenvalue weighted by atomic mass is 32.2. The first kappa shape index (κ1) is 16.5. The Morgan fingerprint density at radius 3 is 2.68 bits per heavy atom. The van der Waals surface area contributed by atoms with E-state index in [0.29, 0.717) is 12.6 Å². The smallest absolute Gasteiger partial charge is 0.0644 e. The van der Waals surface area contributed by atoms with Gasteiger partial charge < -0.3 is 5.11 Å². The van der Waals surface area contributed by atoms with Gasteiger partial charge in [0.05, 0.1) is 18.8 Å². The maximum atomic E-state index is 9.04. The van der Waals surface area contributed by atoms with Crippen LogP contribution < -0.4 is 0 Å². The Labute approximate surface area is 121 Å². The van der Waals surface area contributed by atoms with Gasteiger partial charge in [0.2, 0.25) is 0 Å². The van der Waals surface area contributed by atoms with Crippen LogP contribution in [-0.2, 0) is 13.1 Å². The maximum Gasteiger partial charge on any atom is 0.0644 e. The number of rotatable bonds is 8. The molecule has 19 heavy (non-hydrogen) atoms. The van der Waals surface area contributed by atoms with Crippen LogP contribution in [-0.4, -0.2) is 51.5 Å². The number of hydrogen-bond acceptors (Lipinski definition) is 4. The lowest BCUT2D eigenvalue weighted by atomic mass is 10.1. The number of aliphatic hydroxyl groups is 1. The first-order valence-corrected chi connectivity index (χ1v) is 8.23. The van der Waals surface area contributed by atoms with Crippen molar-refractivity contribution < 1.29 is 5.11 Å². The zero-order valence-electron chi connectivity index (χ0n) is 12.8. The molecule has 0 radical (unpaired) electrons. The summed E-state index contributed by atoms with van der Waals surface area (Å²) in [5, 5.41) is 13.5. The van der Waals surface area contributed by atoms with Crippen molar-refractivity contribution in [1.29, 1.82) is 0 Å². The van der Waals surface area contributed by atoms with Crippen molar-refractivity contribution in [3.05, 3.63) is 17.0 Å². The average molecular weight is 285 g/mol. The van der Waals surface area contributed by atoms with Gasteiger partial charge >= 0.3 is 0 Å². The lowest BCUT2D eigenvalue weighted by Crippen LogP contribution is -2.29. The number of aliphatic hydroxyl groups excluding tert-OH is 1. The fourth-order valence-corrected chi connectivity index (χ4v) is 2.77. The predicted molar refractivity (Wildman–Crippen MR) is 82.7 cm³/mol. The minimum absolute atomic E-state index is 0.140. The van der Waals surface area contributed by atoms with Gasteiger partial charge in [0.25, 0.3) is 0 Å².